The summed E-state index contributed by atoms with van der Waals surface area (Å²) in [4.78, 5) is 18.5. The molecule has 1 unspecified atom stereocenters. The Morgan fingerprint density at radius 3 is 3.10 bits per heavy atom. The van der Waals surface area contributed by atoms with Crippen molar-refractivity contribution in [1.29, 1.82) is 0 Å². The second-order valence-electron chi connectivity index (χ2n) is 5.13. The van der Waals surface area contributed by atoms with Crippen molar-refractivity contribution >= 4 is 5.91 Å². The van der Waals surface area contributed by atoms with Gasteiger partial charge in [0.25, 0.3) is 5.91 Å². The lowest BCUT2D eigenvalue weighted by molar-refractivity contribution is 0.0647. The Morgan fingerprint density at radius 2 is 2.33 bits per heavy atom. The molecule has 1 aliphatic heterocycles. The van der Waals surface area contributed by atoms with Gasteiger partial charge in [0.15, 0.2) is 0 Å². The highest BCUT2D eigenvalue weighted by molar-refractivity contribution is 5.94. The topological polar surface area (TPSA) is 73.7 Å². The lowest BCUT2D eigenvalue weighted by atomic mass is 9.95. The van der Waals surface area contributed by atoms with Crippen LogP contribution in [0.1, 0.15) is 35.3 Å². The molecule has 1 fully saturated rings. The zero-order valence-electron chi connectivity index (χ0n) is 12.0. The molecular formula is C16H20N2O3. The summed E-state index contributed by atoms with van der Waals surface area (Å²) in [6.45, 7) is 1.28. The molecule has 5 nitrogen and oxygen atoms in total. The fourth-order valence-corrected chi connectivity index (χ4v) is 2.63. The molecule has 0 radical (unpaired) electrons. The lowest BCUT2D eigenvalue weighted by Gasteiger charge is -2.32. The van der Waals surface area contributed by atoms with Crippen molar-refractivity contribution in [3.05, 3.63) is 29.6 Å². The van der Waals surface area contributed by atoms with E-state index >= 15 is 0 Å². The first-order valence-corrected chi connectivity index (χ1v) is 7.21. The minimum atomic E-state index is -0.245. The molecular weight excluding hydrogens is 268 g/mol. The molecule has 0 bridgehead atoms. The smallest absolute Gasteiger partial charge is 0.273 e. The Hall–Kier alpha value is -1.90. The van der Waals surface area contributed by atoms with E-state index in [4.69, 9.17) is 10.2 Å². The molecule has 112 valence electrons. The molecule has 1 aromatic rings. The van der Waals surface area contributed by atoms with E-state index in [0.717, 1.165) is 19.3 Å². The highest BCUT2D eigenvalue weighted by Crippen LogP contribution is 2.21. The van der Waals surface area contributed by atoms with E-state index < -0.39 is 0 Å². The normalized spacial score (nSPS) is 18.0. The number of hydrogen-bond donors (Lipinski definition) is 2. The molecule has 1 atom stereocenters. The summed E-state index contributed by atoms with van der Waals surface area (Å²) in [5, 5.41) is 17.8. The number of amides is 1. The van der Waals surface area contributed by atoms with E-state index in [0.29, 0.717) is 30.3 Å². The van der Waals surface area contributed by atoms with Crippen LogP contribution in [-0.4, -0.2) is 52.3 Å². The van der Waals surface area contributed by atoms with E-state index in [1.807, 2.05) is 0 Å². The van der Waals surface area contributed by atoms with Gasteiger partial charge in [-0.2, -0.15) is 0 Å². The number of rotatable bonds is 3. The van der Waals surface area contributed by atoms with Crippen molar-refractivity contribution in [3.63, 3.8) is 0 Å². The van der Waals surface area contributed by atoms with Gasteiger partial charge in [-0.3, -0.25) is 4.79 Å². The summed E-state index contributed by atoms with van der Waals surface area (Å²) in [6, 6.07) is 3.46. The van der Waals surface area contributed by atoms with Gasteiger partial charge in [-0.25, -0.2) is 4.98 Å². The third-order valence-electron chi connectivity index (χ3n) is 3.66. The summed E-state index contributed by atoms with van der Waals surface area (Å²) in [5.41, 5.74) is 0.879. The van der Waals surface area contributed by atoms with Crippen LogP contribution in [0, 0.1) is 17.8 Å². The van der Waals surface area contributed by atoms with E-state index in [2.05, 4.69) is 16.8 Å². The molecule has 1 aliphatic rings. The average Bonchev–Trinajstić information content (AvgIpc) is 2.53. The van der Waals surface area contributed by atoms with E-state index in [1.165, 1.54) is 0 Å². The van der Waals surface area contributed by atoms with Gasteiger partial charge in [0.05, 0.1) is 5.56 Å². The Bertz CT molecular complexity index is 546. The maximum atomic E-state index is 12.6. The van der Waals surface area contributed by atoms with Gasteiger partial charge in [0.1, 0.15) is 12.3 Å². The van der Waals surface area contributed by atoms with Crippen LogP contribution in [0.5, 0.6) is 0 Å². The molecule has 21 heavy (non-hydrogen) atoms. The van der Waals surface area contributed by atoms with Crippen LogP contribution in [0.3, 0.4) is 0 Å². The fourth-order valence-electron chi connectivity index (χ4n) is 2.63. The molecule has 0 aromatic carbocycles. The van der Waals surface area contributed by atoms with Gasteiger partial charge in [-0.05, 0) is 37.3 Å². The first-order valence-electron chi connectivity index (χ1n) is 7.21. The van der Waals surface area contributed by atoms with Gasteiger partial charge >= 0.3 is 0 Å². The van der Waals surface area contributed by atoms with Gasteiger partial charge in [0, 0.05) is 25.9 Å². The standard InChI is InChI=1S/C16H20N2O3/c19-10-3-6-14-5-1-8-17-15(14)16(21)18-9-2-4-13(12-18)7-11-20/h1,5,8,13,19-20H,2,4,7,9-12H2. The maximum absolute atomic E-state index is 12.6. The highest BCUT2D eigenvalue weighted by Gasteiger charge is 2.26. The van der Waals surface area contributed by atoms with Crippen LogP contribution in [0.2, 0.25) is 0 Å². The Balaban J connectivity index is 2.16. The summed E-state index contributed by atoms with van der Waals surface area (Å²) in [7, 11) is 0. The van der Waals surface area contributed by atoms with E-state index in [1.54, 1.807) is 23.2 Å². The van der Waals surface area contributed by atoms with Crippen molar-refractivity contribution in [2.45, 2.75) is 19.3 Å². The van der Waals surface area contributed by atoms with Crippen molar-refractivity contribution in [3.8, 4) is 11.8 Å². The maximum Gasteiger partial charge on any atom is 0.273 e. The van der Waals surface area contributed by atoms with E-state index in [-0.39, 0.29) is 19.1 Å². The average molecular weight is 288 g/mol. The Morgan fingerprint density at radius 1 is 1.48 bits per heavy atom. The second kappa shape index (κ2) is 7.77. The van der Waals surface area contributed by atoms with Gasteiger partial charge in [-0.1, -0.05) is 11.8 Å². The van der Waals surface area contributed by atoms with Gasteiger partial charge in [-0.15, -0.1) is 0 Å². The molecule has 2 heterocycles. The highest BCUT2D eigenvalue weighted by atomic mass is 16.3. The minimum Gasteiger partial charge on any atom is -0.396 e. The largest absolute Gasteiger partial charge is 0.396 e. The monoisotopic (exact) mass is 288 g/mol. The third-order valence-corrected chi connectivity index (χ3v) is 3.66. The van der Waals surface area contributed by atoms with Crippen molar-refractivity contribution in [2.24, 2.45) is 5.92 Å². The van der Waals surface area contributed by atoms with Crippen LogP contribution < -0.4 is 0 Å². The van der Waals surface area contributed by atoms with Crippen LogP contribution in [0.15, 0.2) is 18.3 Å². The second-order valence-corrected chi connectivity index (χ2v) is 5.13. The third kappa shape index (κ3) is 4.03. The molecule has 2 rings (SSSR count). The lowest BCUT2D eigenvalue weighted by Crippen LogP contribution is -2.40. The SMILES string of the molecule is O=C(c1ncccc1C#CCO)N1CCCC(CCO)C1. The van der Waals surface area contributed by atoms with E-state index in [9.17, 15) is 4.79 Å². The minimum absolute atomic E-state index is 0.125. The molecule has 0 spiro atoms. The molecule has 1 amide bonds. The molecule has 0 aliphatic carbocycles. The molecule has 1 aromatic heterocycles. The molecule has 5 heteroatoms. The first-order chi connectivity index (χ1) is 10.3. The number of pyridine rings is 1. The van der Waals surface area contributed by atoms with Crippen molar-refractivity contribution in [2.75, 3.05) is 26.3 Å². The number of aromatic nitrogens is 1. The quantitative estimate of drug-likeness (QED) is 0.801. The van der Waals surface area contributed by atoms with Crippen LogP contribution >= 0.6 is 0 Å². The fraction of sp³-hybridized carbons (Fsp3) is 0.500. The van der Waals surface area contributed by atoms with Crippen LogP contribution in [0.4, 0.5) is 0 Å². The number of aliphatic hydroxyl groups is 2. The first kappa shape index (κ1) is 15.5. The summed E-state index contributed by atoms with van der Waals surface area (Å²) in [6.07, 6.45) is 4.29. The zero-order chi connectivity index (χ0) is 15.1. The predicted octanol–water partition coefficient (Wildman–Crippen LogP) is 0.660. The zero-order valence-corrected chi connectivity index (χ0v) is 12.0. The summed E-state index contributed by atoms with van der Waals surface area (Å²) in [5.74, 6) is 5.55. The molecule has 0 saturated carbocycles. The molecule has 1 saturated heterocycles. The number of likely N-dealkylation sites (tertiary alicyclic amines) is 1. The summed E-state index contributed by atoms with van der Waals surface area (Å²) >= 11 is 0. The van der Waals surface area contributed by atoms with Crippen LogP contribution in [-0.2, 0) is 0 Å². The predicted molar refractivity (Wildman–Crippen MR) is 78.5 cm³/mol. The number of carbonyl (C=O) groups is 1. The Labute approximate surface area is 124 Å². The number of carbonyl (C=O) groups excluding carboxylic acids is 1. The van der Waals surface area contributed by atoms with Gasteiger partial charge in [0.2, 0.25) is 0 Å². The number of hydrogen-bond acceptors (Lipinski definition) is 4. The van der Waals surface area contributed by atoms with Crippen molar-refractivity contribution < 1.29 is 15.0 Å². The Kier molecular flexibility index (Phi) is 5.73. The van der Waals surface area contributed by atoms with Gasteiger partial charge < -0.3 is 15.1 Å². The number of piperidine rings is 1. The van der Waals surface area contributed by atoms with Crippen molar-refractivity contribution in [1.82, 2.24) is 9.88 Å². The number of aliphatic hydroxyl groups excluding tert-OH is 2. The number of nitrogens with zero attached hydrogens (tertiary/aromatic N) is 2. The molecule has 2 N–H and O–H groups in total. The summed E-state index contributed by atoms with van der Waals surface area (Å²) < 4.78 is 0. The van der Waals surface area contributed by atoms with Crippen LogP contribution in [0.25, 0.3) is 0 Å².